The predicted molar refractivity (Wildman–Crippen MR) is 107 cm³/mol. The molecule has 0 spiro atoms. The zero-order valence-corrected chi connectivity index (χ0v) is 16.7. The Morgan fingerprint density at radius 2 is 2.00 bits per heavy atom. The van der Waals surface area contributed by atoms with E-state index in [4.69, 9.17) is 4.74 Å². The number of aryl methyl sites for hydroxylation is 1. The number of anilines is 1. The van der Waals surface area contributed by atoms with E-state index in [-0.39, 0.29) is 0 Å². The second-order valence-electron chi connectivity index (χ2n) is 6.88. The molecule has 3 aromatic rings. The molecule has 1 aliphatic heterocycles. The fourth-order valence-electron chi connectivity index (χ4n) is 3.40. The molecule has 0 aromatic carbocycles. The first-order valence-electron chi connectivity index (χ1n) is 9.21. The third-order valence-corrected chi connectivity index (χ3v) is 5.73. The maximum atomic E-state index is 6.09. The van der Waals surface area contributed by atoms with Gasteiger partial charge in [0.05, 0.1) is 12.8 Å². The molecule has 0 radical (unpaired) electrons. The minimum absolute atomic E-state index is 0.526. The minimum atomic E-state index is 0.526. The van der Waals surface area contributed by atoms with Crippen LogP contribution < -0.4 is 9.64 Å². The van der Waals surface area contributed by atoms with E-state index in [1.165, 1.54) is 0 Å². The van der Waals surface area contributed by atoms with Crippen molar-refractivity contribution >= 4 is 23.1 Å². The summed E-state index contributed by atoms with van der Waals surface area (Å²) in [5, 5.41) is 5.06. The largest absolute Gasteiger partial charge is 0.477 e. The number of fused-ring (bicyclic) bond motifs is 1. The summed E-state index contributed by atoms with van der Waals surface area (Å²) < 4.78 is 7.96. The molecule has 0 unspecified atom stereocenters. The maximum Gasteiger partial charge on any atom is 0.220 e. The first-order chi connectivity index (χ1) is 13.2. The van der Waals surface area contributed by atoms with Gasteiger partial charge in [-0.2, -0.15) is 10.1 Å². The Morgan fingerprint density at radius 3 is 2.78 bits per heavy atom. The number of ether oxygens (including phenoxy) is 1. The summed E-state index contributed by atoms with van der Waals surface area (Å²) >= 11 is 1.54. The van der Waals surface area contributed by atoms with Crippen LogP contribution in [0.15, 0.2) is 29.8 Å². The van der Waals surface area contributed by atoms with E-state index >= 15 is 0 Å². The van der Waals surface area contributed by atoms with Crippen molar-refractivity contribution in [2.24, 2.45) is 5.92 Å². The minimum Gasteiger partial charge on any atom is -0.477 e. The van der Waals surface area contributed by atoms with Crippen molar-refractivity contribution in [1.82, 2.24) is 24.6 Å². The monoisotopic (exact) mass is 384 g/mol. The van der Waals surface area contributed by atoms with Gasteiger partial charge in [-0.25, -0.2) is 14.5 Å². The molecule has 0 N–H and O–H groups in total. The van der Waals surface area contributed by atoms with Gasteiger partial charge in [-0.15, -0.1) is 0 Å². The highest BCUT2D eigenvalue weighted by molar-refractivity contribution is 7.98. The highest BCUT2D eigenvalue weighted by Gasteiger charge is 2.23. The molecule has 8 heteroatoms. The molecule has 4 heterocycles. The van der Waals surface area contributed by atoms with Crippen LogP contribution >= 0.6 is 11.8 Å². The number of rotatable bonds is 5. The maximum absolute atomic E-state index is 6.09. The molecule has 142 valence electrons. The summed E-state index contributed by atoms with van der Waals surface area (Å²) in [5.41, 5.74) is 3.07. The molecule has 1 fully saturated rings. The molecule has 1 aliphatic rings. The SMILES string of the molecule is CSc1nc(C)c(C)c(OCC2CCN(c3nccn4nccc34)CC2)n1. The third-order valence-electron chi connectivity index (χ3n) is 5.18. The molecule has 1 saturated heterocycles. The molecule has 27 heavy (non-hydrogen) atoms. The Bertz CT molecular complexity index is 935. The van der Waals surface area contributed by atoms with E-state index in [2.05, 4.69) is 25.0 Å². The molecule has 0 aliphatic carbocycles. The zero-order valence-electron chi connectivity index (χ0n) is 15.9. The summed E-state index contributed by atoms with van der Waals surface area (Å²) in [6, 6.07) is 2.01. The Hall–Kier alpha value is -2.35. The van der Waals surface area contributed by atoms with Gasteiger partial charge >= 0.3 is 0 Å². The molecule has 0 saturated carbocycles. The summed E-state index contributed by atoms with van der Waals surface area (Å²) in [5.74, 6) is 2.26. The van der Waals surface area contributed by atoms with Crippen molar-refractivity contribution < 1.29 is 4.74 Å². The topological polar surface area (TPSA) is 68.4 Å². The van der Waals surface area contributed by atoms with Gasteiger partial charge in [0.1, 0.15) is 5.52 Å². The third kappa shape index (κ3) is 3.71. The number of nitrogens with zero attached hydrogens (tertiary/aromatic N) is 6. The second kappa shape index (κ2) is 7.72. The average molecular weight is 385 g/mol. The predicted octanol–water partition coefficient (Wildman–Crippen LogP) is 3.15. The molecule has 7 nitrogen and oxygen atoms in total. The number of piperidine rings is 1. The van der Waals surface area contributed by atoms with Crippen molar-refractivity contribution in [3.8, 4) is 5.88 Å². The lowest BCUT2D eigenvalue weighted by Gasteiger charge is -2.32. The fraction of sp³-hybridized carbons (Fsp3) is 0.474. The molecule has 0 amide bonds. The van der Waals surface area contributed by atoms with Crippen LogP contribution in [0.2, 0.25) is 0 Å². The normalized spacial score (nSPS) is 15.4. The molecule has 4 rings (SSSR count). The van der Waals surface area contributed by atoms with E-state index < -0.39 is 0 Å². The summed E-state index contributed by atoms with van der Waals surface area (Å²) in [6.07, 6.45) is 9.65. The van der Waals surface area contributed by atoms with Gasteiger partial charge in [-0.05, 0) is 44.9 Å². The average Bonchev–Trinajstić information content (AvgIpc) is 3.18. The quantitative estimate of drug-likeness (QED) is 0.494. The van der Waals surface area contributed by atoms with Crippen LogP contribution in [-0.2, 0) is 0 Å². The lowest BCUT2D eigenvalue weighted by molar-refractivity contribution is 0.213. The number of aromatic nitrogens is 5. The van der Waals surface area contributed by atoms with Crippen molar-refractivity contribution in [1.29, 1.82) is 0 Å². The van der Waals surface area contributed by atoms with E-state index in [0.717, 1.165) is 59.6 Å². The first kappa shape index (κ1) is 18.0. The van der Waals surface area contributed by atoms with Gasteiger partial charge in [0, 0.05) is 36.7 Å². The standard InChI is InChI=1S/C19H24N6OS/c1-13-14(2)22-19(27-3)23-18(13)26-12-15-5-9-24(10-6-15)17-16-4-7-21-25(16)11-8-20-17/h4,7-8,11,15H,5-6,9-10,12H2,1-3H3. The summed E-state index contributed by atoms with van der Waals surface area (Å²) in [6.45, 7) is 6.68. The highest BCUT2D eigenvalue weighted by Crippen LogP contribution is 2.27. The van der Waals surface area contributed by atoms with Gasteiger partial charge < -0.3 is 9.64 Å². The lowest BCUT2D eigenvalue weighted by atomic mass is 9.98. The Kier molecular flexibility index (Phi) is 5.15. The van der Waals surface area contributed by atoms with Crippen molar-refractivity contribution in [3.63, 3.8) is 0 Å². The fourth-order valence-corrected chi connectivity index (χ4v) is 3.81. The number of thioether (sulfide) groups is 1. The first-order valence-corrected chi connectivity index (χ1v) is 10.4. The lowest BCUT2D eigenvalue weighted by Crippen LogP contribution is -2.36. The molecular weight excluding hydrogens is 360 g/mol. The molecule has 0 bridgehead atoms. The molecule has 0 atom stereocenters. The van der Waals surface area contributed by atoms with E-state index in [9.17, 15) is 0 Å². The van der Waals surface area contributed by atoms with Crippen LogP contribution in [0.5, 0.6) is 5.88 Å². The smallest absolute Gasteiger partial charge is 0.220 e. The second-order valence-corrected chi connectivity index (χ2v) is 7.65. The Labute approximate surface area is 163 Å². The van der Waals surface area contributed by atoms with Gasteiger partial charge in [-0.1, -0.05) is 11.8 Å². The molecular formula is C19H24N6OS. The summed E-state index contributed by atoms with van der Waals surface area (Å²) in [4.78, 5) is 15.9. The van der Waals surface area contributed by atoms with Gasteiger partial charge in [0.2, 0.25) is 5.88 Å². The zero-order chi connectivity index (χ0) is 18.8. The van der Waals surface area contributed by atoms with Crippen LogP contribution in [0.25, 0.3) is 5.52 Å². The highest BCUT2D eigenvalue weighted by atomic mass is 32.2. The van der Waals surface area contributed by atoms with Crippen LogP contribution in [0, 0.1) is 19.8 Å². The van der Waals surface area contributed by atoms with Crippen molar-refractivity contribution in [2.75, 3.05) is 30.9 Å². The number of hydrogen-bond donors (Lipinski definition) is 0. The van der Waals surface area contributed by atoms with Crippen LogP contribution in [0.1, 0.15) is 24.1 Å². The number of hydrogen-bond acceptors (Lipinski definition) is 7. The van der Waals surface area contributed by atoms with Gasteiger partial charge in [0.25, 0.3) is 0 Å². The van der Waals surface area contributed by atoms with E-state index in [1.54, 1.807) is 11.8 Å². The summed E-state index contributed by atoms with van der Waals surface area (Å²) in [7, 11) is 0. The van der Waals surface area contributed by atoms with Crippen LogP contribution in [0.4, 0.5) is 5.82 Å². The van der Waals surface area contributed by atoms with Gasteiger partial charge in [-0.3, -0.25) is 0 Å². The van der Waals surface area contributed by atoms with Crippen LogP contribution in [-0.4, -0.2) is 50.5 Å². The van der Waals surface area contributed by atoms with Crippen LogP contribution in [0.3, 0.4) is 0 Å². The van der Waals surface area contributed by atoms with Crippen molar-refractivity contribution in [3.05, 3.63) is 35.9 Å². The van der Waals surface area contributed by atoms with E-state index in [0.29, 0.717) is 12.5 Å². The molecule has 3 aromatic heterocycles. The van der Waals surface area contributed by atoms with Gasteiger partial charge in [0.15, 0.2) is 11.0 Å². The Morgan fingerprint density at radius 1 is 1.19 bits per heavy atom. The van der Waals surface area contributed by atoms with E-state index in [1.807, 2.05) is 49.3 Å². The van der Waals surface area contributed by atoms with Crippen molar-refractivity contribution in [2.45, 2.75) is 31.8 Å². The Balaban J connectivity index is 1.38.